The molecule has 5 rings (SSSR count). The van der Waals surface area contributed by atoms with Crippen molar-refractivity contribution < 1.29 is 15.0 Å². The number of ketones is 1. The van der Waals surface area contributed by atoms with Crippen molar-refractivity contribution in [2.75, 3.05) is 0 Å². The van der Waals surface area contributed by atoms with Gasteiger partial charge in [0.1, 0.15) is 5.78 Å². The van der Waals surface area contributed by atoms with Crippen molar-refractivity contribution in [1.82, 2.24) is 4.57 Å². The summed E-state index contributed by atoms with van der Waals surface area (Å²) in [6.07, 6.45) is 2.17. The van der Waals surface area contributed by atoms with Crippen LogP contribution in [0.2, 0.25) is 0 Å². The second kappa shape index (κ2) is 4.88. The number of Topliss-reactive ketones (excluding diaryl/α,β-unsaturated/α-hetero) is 1. The fourth-order valence-electron chi connectivity index (χ4n) is 4.16. The van der Waals surface area contributed by atoms with E-state index in [0.717, 1.165) is 29.7 Å². The van der Waals surface area contributed by atoms with Crippen molar-refractivity contribution in [2.24, 2.45) is 0 Å². The maximum atomic E-state index is 12.2. The molecule has 0 saturated heterocycles. The molecule has 2 aromatic rings. The van der Waals surface area contributed by atoms with Gasteiger partial charge in [0, 0.05) is 23.5 Å². The Morgan fingerprint density at radius 1 is 1.13 bits per heavy atom. The molecule has 3 aliphatic carbocycles. The summed E-state index contributed by atoms with van der Waals surface area (Å²) in [6.45, 7) is 4.22. The highest BCUT2D eigenvalue weighted by Crippen LogP contribution is 2.55. The molecule has 0 radical (unpaired) electrons. The van der Waals surface area contributed by atoms with E-state index in [-0.39, 0.29) is 29.4 Å². The van der Waals surface area contributed by atoms with Crippen LogP contribution in [-0.4, -0.2) is 20.6 Å². The second-order valence-electron chi connectivity index (χ2n) is 7.06. The Hall–Kier alpha value is -2.23. The smallest absolute Gasteiger partial charge is 0.202 e. The number of fused-ring (bicyclic) bond motifs is 2. The van der Waals surface area contributed by atoms with Crippen LogP contribution in [-0.2, 0) is 4.79 Å². The van der Waals surface area contributed by atoms with Crippen LogP contribution in [0.1, 0.15) is 67.6 Å². The SMILES string of the molecule is CC(C)c1cccc(-n2c(O)c3c(c2O)[C@@H]2CC[C@H]3CC2=O)c1. The maximum Gasteiger partial charge on any atom is 0.202 e. The van der Waals surface area contributed by atoms with Crippen molar-refractivity contribution >= 4 is 5.78 Å². The molecule has 1 heterocycles. The maximum absolute atomic E-state index is 12.2. The highest BCUT2D eigenvalue weighted by molar-refractivity contribution is 5.91. The average Bonchev–Trinajstić information content (AvgIpc) is 2.81. The zero-order valence-electron chi connectivity index (χ0n) is 13.4. The minimum atomic E-state index is -0.254. The third-order valence-corrected chi connectivity index (χ3v) is 5.39. The first-order valence-electron chi connectivity index (χ1n) is 8.28. The molecule has 120 valence electrons. The second-order valence-corrected chi connectivity index (χ2v) is 7.06. The van der Waals surface area contributed by atoms with Crippen LogP contribution in [0, 0.1) is 0 Å². The van der Waals surface area contributed by atoms with E-state index in [1.54, 1.807) is 0 Å². The third-order valence-electron chi connectivity index (χ3n) is 5.39. The Kier molecular flexibility index (Phi) is 3.05. The molecule has 2 bridgehead atoms. The number of nitrogens with zero attached hydrogens (tertiary/aromatic N) is 1. The van der Waals surface area contributed by atoms with Gasteiger partial charge in [0.25, 0.3) is 0 Å². The van der Waals surface area contributed by atoms with E-state index in [1.807, 2.05) is 24.3 Å². The predicted octanol–water partition coefficient (Wildman–Crippen LogP) is 3.95. The van der Waals surface area contributed by atoms with E-state index < -0.39 is 0 Å². The fraction of sp³-hybridized carbons (Fsp3) is 0.421. The van der Waals surface area contributed by atoms with Crippen molar-refractivity contribution in [3.63, 3.8) is 0 Å². The molecule has 0 spiro atoms. The van der Waals surface area contributed by atoms with Gasteiger partial charge in [0.15, 0.2) is 0 Å². The summed E-state index contributed by atoms with van der Waals surface area (Å²) in [5.41, 5.74) is 3.33. The van der Waals surface area contributed by atoms with E-state index in [9.17, 15) is 15.0 Å². The summed E-state index contributed by atoms with van der Waals surface area (Å²) < 4.78 is 1.50. The Balaban J connectivity index is 1.92. The summed E-state index contributed by atoms with van der Waals surface area (Å²) >= 11 is 0. The van der Waals surface area contributed by atoms with Crippen molar-refractivity contribution in [2.45, 2.75) is 50.9 Å². The van der Waals surface area contributed by atoms with Crippen LogP contribution < -0.4 is 0 Å². The van der Waals surface area contributed by atoms with Gasteiger partial charge >= 0.3 is 0 Å². The molecule has 1 aromatic carbocycles. The van der Waals surface area contributed by atoms with Gasteiger partial charge in [-0.2, -0.15) is 0 Å². The van der Waals surface area contributed by atoms with Gasteiger partial charge < -0.3 is 10.2 Å². The molecule has 4 nitrogen and oxygen atoms in total. The van der Waals surface area contributed by atoms with Gasteiger partial charge in [-0.25, -0.2) is 0 Å². The topological polar surface area (TPSA) is 62.5 Å². The van der Waals surface area contributed by atoms with Gasteiger partial charge in [0.2, 0.25) is 11.8 Å². The number of aromatic nitrogens is 1. The third kappa shape index (κ3) is 1.94. The number of aromatic hydroxyl groups is 2. The number of rotatable bonds is 2. The minimum absolute atomic E-state index is 0.0288. The summed E-state index contributed by atoms with van der Waals surface area (Å²) in [4.78, 5) is 12.2. The van der Waals surface area contributed by atoms with E-state index in [2.05, 4.69) is 13.8 Å². The standard InChI is InChI=1S/C19H21NO3/c1-10(2)11-4-3-5-13(8-11)20-18(22)16-12-6-7-14(15(21)9-12)17(16)19(20)23/h3-5,8,10,12,14,22-23H,6-7,9H2,1-2H3/t12-,14+/m0/s1. The lowest BCUT2D eigenvalue weighted by Gasteiger charge is -2.34. The number of hydrogen-bond acceptors (Lipinski definition) is 3. The zero-order valence-corrected chi connectivity index (χ0v) is 13.4. The molecule has 0 unspecified atom stereocenters. The van der Waals surface area contributed by atoms with Crippen LogP contribution in [0.5, 0.6) is 11.8 Å². The minimum Gasteiger partial charge on any atom is -0.494 e. The van der Waals surface area contributed by atoms with Crippen LogP contribution in [0.25, 0.3) is 5.69 Å². The first kappa shape index (κ1) is 14.4. The normalized spacial score (nSPS) is 22.7. The summed E-state index contributed by atoms with van der Waals surface area (Å²) in [7, 11) is 0. The van der Waals surface area contributed by atoms with Crippen LogP contribution >= 0.6 is 0 Å². The lowest BCUT2D eigenvalue weighted by atomic mass is 9.67. The van der Waals surface area contributed by atoms with Crippen LogP contribution in [0.15, 0.2) is 24.3 Å². The van der Waals surface area contributed by atoms with Crippen LogP contribution in [0.4, 0.5) is 0 Å². The Morgan fingerprint density at radius 3 is 2.57 bits per heavy atom. The molecule has 3 aliphatic rings. The molecule has 1 aromatic heterocycles. The van der Waals surface area contributed by atoms with Crippen LogP contribution in [0.3, 0.4) is 0 Å². The molecule has 23 heavy (non-hydrogen) atoms. The van der Waals surface area contributed by atoms with Crippen molar-refractivity contribution in [3.05, 3.63) is 41.0 Å². The molecule has 0 amide bonds. The van der Waals surface area contributed by atoms with Gasteiger partial charge in [-0.05, 0) is 42.4 Å². The Labute approximate surface area is 135 Å². The van der Waals surface area contributed by atoms with E-state index in [1.165, 1.54) is 4.57 Å². The zero-order chi connectivity index (χ0) is 16.3. The lowest BCUT2D eigenvalue weighted by molar-refractivity contribution is -0.123. The molecule has 1 fully saturated rings. The number of carbonyl (C=O) groups is 1. The first-order valence-corrected chi connectivity index (χ1v) is 8.28. The monoisotopic (exact) mass is 311 g/mol. The summed E-state index contributed by atoms with van der Waals surface area (Å²) in [5.74, 6) is 0.472. The van der Waals surface area contributed by atoms with Gasteiger partial charge in [-0.15, -0.1) is 0 Å². The summed E-state index contributed by atoms with van der Waals surface area (Å²) in [6, 6.07) is 7.83. The van der Waals surface area contributed by atoms with E-state index in [4.69, 9.17) is 0 Å². The molecular weight excluding hydrogens is 290 g/mol. The largest absolute Gasteiger partial charge is 0.494 e. The van der Waals surface area contributed by atoms with E-state index >= 15 is 0 Å². The van der Waals surface area contributed by atoms with E-state index in [0.29, 0.717) is 17.9 Å². The fourth-order valence-corrected chi connectivity index (χ4v) is 4.16. The van der Waals surface area contributed by atoms with Crippen molar-refractivity contribution in [1.29, 1.82) is 0 Å². The quantitative estimate of drug-likeness (QED) is 0.883. The number of hydrogen-bond donors (Lipinski definition) is 2. The molecular formula is C19H21NO3. The summed E-state index contributed by atoms with van der Waals surface area (Å²) in [5, 5.41) is 21.5. The highest BCUT2D eigenvalue weighted by atomic mass is 16.3. The molecule has 2 N–H and O–H groups in total. The predicted molar refractivity (Wildman–Crippen MR) is 87.5 cm³/mol. The molecule has 4 heteroatoms. The number of benzene rings is 1. The first-order chi connectivity index (χ1) is 11.0. The van der Waals surface area contributed by atoms with Gasteiger partial charge in [0.05, 0.1) is 5.69 Å². The molecule has 1 saturated carbocycles. The van der Waals surface area contributed by atoms with Gasteiger partial charge in [-0.1, -0.05) is 26.0 Å². The van der Waals surface area contributed by atoms with Crippen molar-refractivity contribution in [3.8, 4) is 17.4 Å². The number of carbonyl (C=O) groups excluding carboxylic acids is 1. The Bertz CT molecular complexity index is 803. The molecule has 0 aliphatic heterocycles. The highest BCUT2D eigenvalue weighted by Gasteiger charge is 2.45. The lowest BCUT2D eigenvalue weighted by Crippen LogP contribution is -2.28. The molecule has 2 atom stereocenters. The van der Waals surface area contributed by atoms with Gasteiger partial charge in [-0.3, -0.25) is 9.36 Å². The average molecular weight is 311 g/mol. The Morgan fingerprint density at radius 2 is 1.87 bits per heavy atom.